The van der Waals surface area contributed by atoms with E-state index in [1.54, 1.807) is 7.05 Å². The fraction of sp³-hybridized carbons (Fsp3) is 0.857. The summed E-state index contributed by atoms with van der Waals surface area (Å²) in [5.41, 5.74) is 4.69. The molecule has 2 aliphatic rings. The van der Waals surface area contributed by atoms with Crippen LogP contribution in [-0.4, -0.2) is 41.6 Å². The molecule has 1 aliphatic heterocycles. The Morgan fingerprint density at radius 2 is 1.95 bits per heavy atom. The highest BCUT2D eigenvalue weighted by Crippen LogP contribution is 2.50. The zero-order valence-corrected chi connectivity index (χ0v) is 12.8. The topological polar surface area (TPSA) is 70.7 Å². The first kappa shape index (κ1) is 15.1. The Labute approximate surface area is 120 Å². The number of amides is 2. The molecule has 20 heavy (non-hydrogen) atoms. The summed E-state index contributed by atoms with van der Waals surface area (Å²) in [7, 11) is 1.68. The monoisotopic (exact) mass is 283 g/mol. The molecule has 1 atom stereocenters. The average molecular weight is 283 g/mol. The van der Waals surface area contributed by atoms with Crippen LogP contribution in [-0.2, 0) is 9.53 Å². The fourth-order valence-corrected chi connectivity index (χ4v) is 2.86. The molecule has 1 unspecified atom stereocenters. The van der Waals surface area contributed by atoms with Crippen molar-refractivity contribution >= 4 is 12.0 Å². The van der Waals surface area contributed by atoms with Crippen LogP contribution >= 0.6 is 0 Å². The summed E-state index contributed by atoms with van der Waals surface area (Å²) in [5.74, 6) is -0.00810. The predicted molar refractivity (Wildman–Crippen MR) is 74.8 cm³/mol. The number of carbonyl (C=O) groups excluding carboxylic acids is 2. The van der Waals surface area contributed by atoms with E-state index in [1.165, 1.54) is 0 Å². The van der Waals surface area contributed by atoms with Crippen molar-refractivity contribution in [2.45, 2.75) is 57.6 Å². The number of hydrogen-bond acceptors (Lipinski definition) is 4. The van der Waals surface area contributed by atoms with Crippen molar-refractivity contribution in [3.63, 3.8) is 0 Å². The van der Waals surface area contributed by atoms with Gasteiger partial charge < -0.3 is 9.64 Å². The Kier molecular flexibility index (Phi) is 3.95. The van der Waals surface area contributed by atoms with Crippen molar-refractivity contribution in [2.24, 2.45) is 5.92 Å². The molecule has 114 valence electrons. The van der Waals surface area contributed by atoms with E-state index in [0.717, 1.165) is 19.3 Å². The van der Waals surface area contributed by atoms with E-state index in [2.05, 4.69) is 10.9 Å². The van der Waals surface area contributed by atoms with Gasteiger partial charge in [0.25, 0.3) is 0 Å². The normalized spacial score (nSPS) is 24.4. The van der Waals surface area contributed by atoms with Gasteiger partial charge in [-0.25, -0.2) is 10.2 Å². The van der Waals surface area contributed by atoms with Gasteiger partial charge in [0.2, 0.25) is 5.91 Å². The van der Waals surface area contributed by atoms with E-state index < -0.39 is 5.60 Å². The van der Waals surface area contributed by atoms with Crippen LogP contribution in [0.3, 0.4) is 0 Å². The van der Waals surface area contributed by atoms with Gasteiger partial charge in [-0.2, -0.15) is 0 Å². The number of carbonyl (C=O) groups is 2. The smallest absolute Gasteiger partial charge is 0.410 e. The third-order valence-electron chi connectivity index (χ3n) is 3.96. The third-order valence-corrected chi connectivity index (χ3v) is 3.96. The minimum atomic E-state index is -0.479. The summed E-state index contributed by atoms with van der Waals surface area (Å²) in [6.45, 7) is 6.21. The molecule has 1 saturated carbocycles. The lowest BCUT2D eigenvalue weighted by Crippen LogP contribution is -2.52. The maximum atomic E-state index is 12.3. The molecule has 1 aliphatic carbocycles. The van der Waals surface area contributed by atoms with Crippen molar-refractivity contribution < 1.29 is 14.3 Å². The molecule has 0 radical (unpaired) electrons. The number of piperidine rings is 1. The first-order valence-corrected chi connectivity index (χ1v) is 7.25. The van der Waals surface area contributed by atoms with Crippen molar-refractivity contribution in [1.82, 2.24) is 15.8 Å². The fourth-order valence-electron chi connectivity index (χ4n) is 2.86. The van der Waals surface area contributed by atoms with E-state index in [0.29, 0.717) is 13.0 Å². The quantitative estimate of drug-likeness (QED) is 0.752. The Morgan fingerprint density at radius 3 is 2.45 bits per heavy atom. The van der Waals surface area contributed by atoms with Gasteiger partial charge in [-0.15, -0.1) is 0 Å². The first-order chi connectivity index (χ1) is 9.27. The molecule has 0 aromatic heterocycles. The Bertz CT molecular complexity index is 399. The van der Waals surface area contributed by atoms with Crippen LogP contribution in [0.1, 0.15) is 46.5 Å². The number of nitrogens with one attached hydrogen (secondary N) is 2. The first-order valence-electron chi connectivity index (χ1n) is 7.25. The van der Waals surface area contributed by atoms with Gasteiger partial charge in [0, 0.05) is 25.0 Å². The molecule has 0 aromatic carbocycles. The second kappa shape index (κ2) is 5.24. The summed E-state index contributed by atoms with van der Waals surface area (Å²) in [4.78, 5) is 26.0. The number of hydrazine groups is 1. The summed E-state index contributed by atoms with van der Waals surface area (Å²) in [6, 6.07) is 0. The molecular formula is C14H25N3O3. The summed E-state index contributed by atoms with van der Waals surface area (Å²) in [5, 5.41) is 0. The Hall–Kier alpha value is -1.30. The number of hydrogen-bond donors (Lipinski definition) is 2. The summed E-state index contributed by atoms with van der Waals surface area (Å²) < 4.78 is 5.47. The molecule has 1 heterocycles. The van der Waals surface area contributed by atoms with Crippen LogP contribution in [0, 0.1) is 5.92 Å². The highest BCUT2D eigenvalue weighted by molar-refractivity contribution is 5.79. The maximum absolute atomic E-state index is 12.3. The minimum absolute atomic E-state index is 0.0163. The van der Waals surface area contributed by atoms with Gasteiger partial charge in [-0.3, -0.25) is 10.2 Å². The second-order valence-corrected chi connectivity index (χ2v) is 6.79. The highest BCUT2D eigenvalue weighted by atomic mass is 16.6. The van der Waals surface area contributed by atoms with Gasteiger partial charge in [-0.05, 0) is 46.5 Å². The van der Waals surface area contributed by atoms with E-state index in [-0.39, 0.29) is 23.5 Å². The lowest BCUT2D eigenvalue weighted by atomic mass is 9.88. The lowest BCUT2D eigenvalue weighted by molar-refractivity contribution is -0.128. The molecule has 1 saturated heterocycles. The summed E-state index contributed by atoms with van der Waals surface area (Å²) >= 11 is 0. The standard InChI is InChI=1S/C14H25N3O3/c1-13(2,3)20-12(19)17-8-5-10(11(18)16-15-4)9-14(17)6-7-14/h10,15H,5-9H2,1-4H3,(H,16,18). The van der Waals surface area contributed by atoms with Gasteiger partial charge >= 0.3 is 6.09 Å². The van der Waals surface area contributed by atoms with Gasteiger partial charge in [-0.1, -0.05) is 0 Å². The Morgan fingerprint density at radius 1 is 1.30 bits per heavy atom. The zero-order valence-electron chi connectivity index (χ0n) is 12.8. The van der Waals surface area contributed by atoms with Crippen molar-refractivity contribution in [2.75, 3.05) is 13.6 Å². The minimum Gasteiger partial charge on any atom is -0.444 e. The van der Waals surface area contributed by atoms with Crippen LogP contribution in [0.4, 0.5) is 4.79 Å². The van der Waals surface area contributed by atoms with Gasteiger partial charge in [0.1, 0.15) is 5.60 Å². The molecule has 2 fully saturated rings. The van der Waals surface area contributed by atoms with E-state index in [1.807, 2.05) is 25.7 Å². The second-order valence-electron chi connectivity index (χ2n) is 6.79. The molecule has 2 amide bonds. The van der Waals surface area contributed by atoms with E-state index in [9.17, 15) is 9.59 Å². The predicted octanol–water partition coefficient (Wildman–Crippen LogP) is 1.42. The number of nitrogens with zero attached hydrogens (tertiary/aromatic N) is 1. The molecule has 2 N–H and O–H groups in total. The molecule has 0 aromatic rings. The lowest BCUT2D eigenvalue weighted by Gasteiger charge is -2.40. The molecular weight excluding hydrogens is 258 g/mol. The molecule has 6 nitrogen and oxygen atoms in total. The number of rotatable bonds is 2. The van der Waals surface area contributed by atoms with Crippen LogP contribution in [0.5, 0.6) is 0 Å². The van der Waals surface area contributed by atoms with Crippen LogP contribution in [0.2, 0.25) is 0 Å². The molecule has 1 spiro atoms. The average Bonchev–Trinajstić information content (AvgIpc) is 3.06. The maximum Gasteiger partial charge on any atom is 0.410 e. The highest BCUT2D eigenvalue weighted by Gasteiger charge is 2.55. The van der Waals surface area contributed by atoms with Crippen molar-refractivity contribution in [1.29, 1.82) is 0 Å². The molecule has 0 bridgehead atoms. The molecule has 2 rings (SSSR count). The number of likely N-dealkylation sites (tertiary alicyclic amines) is 1. The van der Waals surface area contributed by atoms with Crippen LogP contribution in [0.15, 0.2) is 0 Å². The van der Waals surface area contributed by atoms with Crippen molar-refractivity contribution in [3.8, 4) is 0 Å². The van der Waals surface area contributed by atoms with Crippen molar-refractivity contribution in [3.05, 3.63) is 0 Å². The zero-order chi connectivity index (χ0) is 15.0. The van der Waals surface area contributed by atoms with Gasteiger partial charge in [0.05, 0.1) is 0 Å². The van der Waals surface area contributed by atoms with E-state index >= 15 is 0 Å². The largest absolute Gasteiger partial charge is 0.444 e. The Balaban J connectivity index is 1.99. The summed E-state index contributed by atoms with van der Waals surface area (Å²) in [6.07, 6.45) is 3.11. The SMILES string of the molecule is CNNC(=O)C1CCN(C(=O)OC(C)(C)C)C2(CC2)C1. The number of ether oxygens (including phenoxy) is 1. The van der Waals surface area contributed by atoms with Crippen LogP contribution in [0.25, 0.3) is 0 Å². The third kappa shape index (κ3) is 3.23. The van der Waals surface area contributed by atoms with Crippen LogP contribution < -0.4 is 10.9 Å². The van der Waals surface area contributed by atoms with Gasteiger partial charge in [0.15, 0.2) is 0 Å². The van der Waals surface area contributed by atoms with E-state index in [4.69, 9.17) is 4.74 Å². The molecule has 6 heteroatoms.